The van der Waals surface area contributed by atoms with E-state index in [1.54, 1.807) is 17.8 Å². The topological polar surface area (TPSA) is 104 Å². The first kappa shape index (κ1) is 20.9. The summed E-state index contributed by atoms with van der Waals surface area (Å²) in [5.74, 6) is -0.716. The van der Waals surface area contributed by atoms with E-state index >= 15 is 0 Å². The van der Waals surface area contributed by atoms with Gasteiger partial charge < -0.3 is 10.6 Å². The van der Waals surface area contributed by atoms with Crippen molar-refractivity contribution in [3.8, 4) is 0 Å². The molecule has 27 heavy (non-hydrogen) atoms. The molecule has 0 spiro atoms. The third kappa shape index (κ3) is 6.09. The molecule has 2 rings (SSSR count). The maximum absolute atomic E-state index is 12.5. The van der Waals surface area contributed by atoms with Crippen LogP contribution in [0.4, 0.5) is 11.4 Å². The van der Waals surface area contributed by atoms with Gasteiger partial charge in [-0.3, -0.25) is 9.59 Å². The first-order valence-electron chi connectivity index (χ1n) is 8.06. The van der Waals surface area contributed by atoms with Gasteiger partial charge in [-0.2, -0.15) is 4.72 Å². The summed E-state index contributed by atoms with van der Waals surface area (Å²) in [5.41, 5.74) is 1.08. The molecule has 2 aromatic carbocycles. The van der Waals surface area contributed by atoms with Crippen LogP contribution in [-0.4, -0.2) is 32.5 Å². The van der Waals surface area contributed by atoms with E-state index in [9.17, 15) is 18.0 Å². The van der Waals surface area contributed by atoms with Gasteiger partial charge in [-0.05, 0) is 55.6 Å². The molecule has 0 aliphatic rings. The van der Waals surface area contributed by atoms with Crippen LogP contribution in [0.3, 0.4) is 0 Å². The maximum atomic E-state index is 12.5. The lowest BCUT2D eigenvalue weighted by atomic mass is 10.3. The highest BCUT2D eigenvalue weighted by molar-refractivity contribution is 7.98. The van der Waals surface area contributed by atoms with Gasteiger partial charge in [-0.1, -0.05) is 6.07 Å². The van der Waals surface area contributed by atoms with E-state index in [2.05, 4.69) is 15.4 Å². The summed E-state index contributed by atoms with van der Waals surface area (Å²) in [6.45, 7) is 2.83. The zero-order valence-electron chi connectivity index (χ0n) is 15.1. The monoisotopic (exact) mass is 407 g/mol. The number of amides is 2. The molecule has 0 aliphatic carbocycles. The van der Waals surface area contributed by atoms with Crippen molar-refractivity contribution in [1.82, 2.24) is 4.72 Å². The van der Waals surface area contributed by atoms with Gasteiger partial charge in [0.2, 0.25) is 21.8 Å². The van der Waals surface area contributed by atoms with Crippen molar-refractivity contribution in [2.24, 2.45) is 0 Å². The van der Waals surface area contributed by atoms with Crippen molar-refractivity contribution in [3.63, 3.8) is 0 Å². The van der Waals surface area contributed by atoms with Gasteiger partial charge in [0.25, 0.3) is 0 Å². The number of sulfonamides is 1. The second-order valence-corrected chi connectivity index (χ2v) is 8.36. The molecule has 0 saturated carbocycles. The fraction of sp³-hybridized carbons (Fsp3) is 0.222. The van der Waals surface area contributed by atoms with Crippen molar-refractivity contribution >= 4 is 45.0 Å². The molecule has 7 nitrogen and oxygen atoms in total. The Morgan fingerprint density at radius 3 is 2.26 bits per heavy atom. The molecule has 2 aromatic rings. The number of carbonyl (C=O) groups is 2. The molecule has 9 heteroatoms. The number of thioether (sulfide) groups is 1. The fourth-order valence-electron chi connectivity index (χ4n) is 2.23. The average molecular weight is 408 g/mol. The number of carbonyl (C=O) groups excluding carboxylic acids is 2. The number of nitrogens with one attached hydrogen (secondary N) is 3. The van der Waals surface area contributed by atoms with Gasteiger partial charge in [0, 0.05) is 23.2 Å². The van der Waals surface area contributed by atoms with Gasteiger partial charge in [0.15, 0.2) is 0 Å². The molecular formula is C18H21N3O4S2. The molecule has 1 atom stereocenters. The van der Waals surface area contributed by atoms with Crippen LogP contribution in [0, 0.1) is 0 Å². The third-order valence-electron chi connectivity index (χ3n) is 3.55. The fourth-order valence-corrected chi connectivity index (χ4v) is 3.89. The van der Waals surface area contributed by atoms with Gasteiger partial charge in [0.1, 0.15) is 0 Å². The maximum Gasteiger partial charge on any atom is 0.242 e. The normalized spacial score (nSPS) is 12.3. The minimum Gasteiger partial charge on any atom is -0.326 e. The first-order chi connectivity index (χ1) is 12.7. The van der Waals surface area contributed by atoms with Crippen LogP contribution < -0.4 is 15.4 Å². The second kappa shape index (κ2) is 9.03. The van der Waals surface area contributed by atoms with Crippen LogP contribution in [0.15, 0.2) is 58.3 Å². The SMILES string of the molecule is CSc1cccc(NC(=O)[C@H](C)NS(=O)(=O)c2ccc(NC(C)=O)cc2)c1. The van der Waals surface area contributed by atoms with Crippen LogP contribution in [0.1, 0.15) is 13.8 Å². The molecule has 0 aromatic heterocycles. The molecule has 0 radical (unpaired) electrons. The molecule has 0 bridgehead atoms. The van der Waals surface area contributed by atoms with Crippen molar-refractivity contribution in [3.05, 3.63) is 48.5 Å². The molecule has 2 amide bonds. The molecule has 0 saturated heterocycles. The smallest absolute Gasteiger partial charge is 0.242 e. The lowest BCUT2D eigenvalue weighted by Gasteiger charge is -2.15. The van der Waals surface area contributed by atoms with E-state index in [4.69, 9.17) is 0 Å². The van der Waals surface area contributed by atoms with Crippen molar-refractivity contribution < 1.29 is 18.0 Å². The third-order valence-corrected chi connectivity index (χ3v) is 5.83. The summed E-state index contributed by atoms with van der Waals surface area (Å²) in [5, 5.41) is 5.25. The van der Waals surface area contributed by atoms with Crippen molar-refractivity contribution in [1.29, 1.82) is 0 Å². The van der Waals surface area contributed by atoms with E-state index in [1.807, 2.05) is 24.5 Å². The minimum atomic E-state index is -3.88. The summed E-state index contributed by atoms with van der Waals surface area (Å²) >= 11 is 1.54. The number of hydrogen-bond donors (Lipinski definition) is 3. The van der Waals surface area contributed by atoms with E-state index in [0.29, 0.717) is 11.4 Å². The second-order valence-electron chi connectivity index (χ2n) is 5.77. The summed E-state index contributed by atoms with van der Waals surface area (Å²) in [6, 6.07) is 12.0. The van der Waals surface area contributed by atoms with Crippen molar-refractivity contribution in [2.75, 3.05) is 16.9 Å². The summed E-state index contributed by atoms with van der Waals surface area (Å²) in [4.78, 5) is 24.3. The Hall–Kier alpha value is -2.36. The Balaban J connectivity index is 2.05. The zero-order chi connectivity index (χ0) is 20.0. The Bertz CT molecular complexity index is 928. The van der Waals surface area contributed by atoms with E-state index in [-0.39, 0.29) is 10.8 Å². The molecule has 0 heterocycles. The van der Waals surface area contributed by atoms with Crippen molar-refractivity contribution in [2.45, 2.75) is 29.7 Å². The van der Waals surface area contributed by atoms with E-state index in [1.165, 1.54) is 38.1 Å². The van der Waals surface area contributed by atoms with Gasteiger partial charge in [-0.25, -0.2) is 8.42 Å². The molecule has 0 aliphatic heterocycles. The van der Waals surface area contributed by atoms with E-state index < -0.39 is 22.0 Å². The van der Waals surface area contributed by atoms with Gasteiger partial charge >= 0.3 is 0 Å². The molecule has 0 unspecified atom stereocenters. The van der Waals surface area contributed by atoms with Crippen LogP contribution in [-0.2, 0) is 19.6 Å². The highest BCUT2D eigenvalue weighted by atomic mass is 32.2. The van der Waals surface area contributed by atoms with Gasteiger partial charge in [-0.15, -0.1) is 11.8 Å². The predicted molar refractivity (Wildman–Crippen MR) is 107 cm³/mol. The average Bonchev–Trinajstić information content (AvgIpc) is 2.61. The summed E-state index contributed by atoms with van der Waals surface area (Å²) in [6.07, 6.45) is 1.93. The van der Waals surface area contributed by atoms with Crippen LogP contribution in [0.25, 0.3) is 0 Å². The molecule has 144 valence electrons. The lowest BCUT2D eigenvalue weighted by Crippen LogP contribution is -2.41. The highest BCUT2D eigenvalue weighted by Crippen LogP contribution is 2.19. The summed E-state index contributed by atoms with van der Waals surface area (Å²) in [7, 11) is -3.88. The lowest BCUT2D eigenvalue weighted by molar-refractivity contribution is -0.117. The number of hydrogen-bond acceptors (Lipinski definition) is 5. The first-order valence-corrected chi connectivity index (χ1v) is 10.8. The number of rotatable bonds is 7. The van der Waals surface area contributed by atoms with Crippen LogP contribution in [0.2, 0.25) is 0 Å². The zero-order valence-corrected chi connectivity index (χ0v) is 16.8. The standard InChI is InChI=1S/C18H21N3O4S2/c1-12(18(23)20-15-5-4-6-16(11-15)26-3)21-27(24,25)17-9-7-14(8-10-17)19-13(2)22/h4-12,21H,1-3H3,(H,19,22)(H,20,23)/t12-/m0/s1. The largest absolute Gasteiger partial charge is 0.326 e. The Morgan fingerprint density at radius 2 is 1.67 bits per heavy atom. The Morgan fingerprint density at radius 1 is 1.00 bits per heavy atom. The Labute approximate surface area is 163 Å². The quantitative estimate of drug-likeness (QED) is 0.612. The molecular weight excluding hydrogens is 386 g/mol. The van der Waals surface area contributed by atoms with Crippen LogP contribution in [0.5, 0.6) is 0 Å². The Kier molecular flexibility index (Phi) is 7.00. The number of benzene rings is 2. The molecule has 3 N–H and O–H groups in total. The minimum absolute atomic E-state index is 0.000586. The highest BCUT2D eigenvalue weighted by Gasteiger charge is 2.22. The number of anilines is 2. The molecule has 0 fully saturated rings. The summed E-state index contributed by atoms with van der Waals surface area (Å²) < 4.78 is 27.3. The van der Waals surface area contributed by atoms with Crippen LogP contribution >= 0.6 is 11.8 Å². The van der Waals surface area contributed by atoms with E-state index in [0.717, 1.165) is 4.90 Å². The van der Waals surface area contributed by atoms with Gasteiger partial charge in [0.05, 0.1) is 10.9 Å². The predicted octanol–water partition coefficient (Wildman–Crippen LogP) is 2.67.